The molecule has 2 aromatic carbocycles. The second kappa shape index (κ2) is 17.2. The Balaban J connectivity index is 0.000000158. The quantitative estimate of drug-likeness (QED) is 0.138. The smallest absolute Gasteiger partial charge is 0.339 e. The average Bonchev–Trinajstić information content (AvgIpc) is 3.82. The molecule has 6 aliphatic carbocycles. The van der Waals surface area contributed by atoms with Gasteiger partial charge in [-0.15, -0.1) is 0 Å². The number of ether oxygens (including phenoxy) is 5. The van der Waals surface area contributed by atoms with E-state index in [0.717, 1.165) is 51.4 Å². The summed E-state index contributed by atoms with van der Waals surface area (Å²) in [6, 6.07) is 10.7. The molecule has 0 radical (unpaired) electrons. The first-order valence-corrected chi connectivity index (χ1v) is 23.1. The first-order chi connectivity index (χ1) is 28.7. The molecule has 1 heterocycles. The molecule has 342 valence electrons. The highest BCUT2D eigenvalue weighted by Gasteiger charge is 2.64. The molecule has 2 aromatic rings. The number of fused-ring (bicyclic) bond motifs is 2. The lowest BCUT2D eigenvalue weighted by Gasteiger charge is -2.59. The Hall–Kier alpha value is -3.99. The van der Waals surface area contributed by atoms with Crippen LogP contribution in [0.25, 0.3) is 10.8 Å². The van der Waals surface area contributed by atoms with Crippen molar-refractivity contribution in [1.82, 2.24) is 0 Å². The van der Waals surface area contributed by atoms with Crippen LogP contribution in [0.4, 0.5) is 0 Å². The molecule has 62 heavy (non-hydrogen) atoms. The van der Waals surface area contributed by atoms with Crippen LogP contribution in [0.15, 0.2) is 36.4 Å². The van der Waals surface area contributed by atoms with Crippen LogP contribution < -0.4 is 4.74 Å². The number of benzene rings is 2. The van der Waals surface area contributed by atoms with Crippen LogP contribution >= 0.6 is 0 Å². The molecule has 7 aliphatic rings. The van der Waals surface area contributed by atoms with Crippen molar-refractivity contribution >= 4 is 40.6 Å². The second-order valence-corrected chi connectivity index (χ2v) is 22.3. The SMILES string of the molecule is CCC(C)(C)C(=O)OC12CC3CC(CC(O)(C3)C1)C2.CCC(C)(C)C(=O)OC1C2CC3C(=O)OC1C3C2.CCC(C)(C)C(=O)Oc1cccc2c(C(=O)OC(C)(C)C)cccc12. The Labute approximate surface area is 368 Å². The molecule has 1 aliphatic heterocycles. The molecule has 7 fully saturated rings. The van der Waals surface area contributed by atoms with Gasteiger partial charge in [-0.1, -0.05) is 45.0 Å². The molecule has 7 atom stereocenters. The minimum atomic E-state index is -0.575. The van der Waals surface area contributed by atoms with Gasteiger partial charge in [-0.2, -0.15) is 0 Å². The van der Waals surface area contributed by atoms with Gasteiger partial charge in [0.1, 0.15) is 29.2 Å². The number of hydrogen-bond donors (Lipinski definition) is 1. The Kier molecular flexibility index (Phi) is 13.2. The molecule has 0 amide bonds. The number of esters is 5. The summed E-state index contributed by atoms with van der Waals surface area (Å²) in [6.07, 6.45) is 9.33. The Bertz CT molecular complexity index is 2020. The van der Waals surface area contributed by atoms with Crippen molar-refractivity contribution in [2.45, 2.75) is 183 Å². The fourth-order valence-electron chi connectivity index (χ4n) is 10.5. The summed E-state index contributed by atoms with van der Waals surface area (Å²) in [5.41, 5.74) is -2.46. The zero-order valence-corrected chi connectivity index (χ0v) is 39.3. The summed E-state index contributed by atoms with van der Waals surface area (Å²) in [4.78, 5) is 61.0. The van der Waals surface area contributed by atoms with Crippen molar-refractivity contribution in [3.63, 3.8) is 0 Å². The summed E-state index contributed by atoms with van der Waals surface area (Å²) < 4.78 is 28.1. The van der Waals surface area contributed by atoms with E-state index in [-0.39, 0.29) is 47.6 Å². The molecule has 1 saturated heterocycles. The molecule has 7 unspecified atom stereocenters. The van der Waals surface area contributed by atoms with Crippen molar-refractivity contribution in [3.8, 4) is 5.75 Å². The second-order valence-electron chi connectivity index (χ2n) is 22.3. The van der Waals surface area contributed by atoms with Crippen molar-refractivity contribution in [2.75, 3.05) is 0 Å². The van der Waals surface area contributed by atoms with Crippen LogP contribution in [-0.2, 0) is 38.1 Å². The summed E-state index contributed by atoms with van der Waals surface area (Å²) in [6.45, 7) is 22.8. The average molecular weight is 861 g/mol. The Morgan fingerprint density at radius 2 is 1.29 bits per heavy atom. The van der Waals surface area contributed by atoms with Gasteiger partial charge in [-0.05, 0) is 156 Å². The molecule has 11 nitrogen and oxygen atoms in total. The predicted octanol–water partition coefficient (Wildman–Crippen LogP) is 10.1. The van der Waals surface area contributed by atoms with Gasteiger partial charge in [-0.25, -0.2) is 4.79 Å². The third-order valence-corrected chi connectivity index (χ3v) is 15.0. The number of carbonyl (C=O) groups excluding carboxylic acids is 5. The van der Waals surface area contributed by atoms with E-state index in [4.69, 9.17) is 23.7 Å². The number of aliphatic hydroxyl groups is 1. The van der Waals surface area contributed by atoms with Crippen molar-refractivity contribution in [2.24, 2.45) is 45.8 Å². The van der Waals surface area contributed by atoms with Gasteiger partial charge >= 0.3 is 29.8 Å². The van der Waals surface area contributed by atoms with Gasteiger partial charge in [0.05, 0.1) is 33.3 Å². The largest absolute Gasteiger partial charge is 0.459 e. The van der Waals surface area contributed by atoms with Gasteiger partial charge in [-0.3, -0.25) is 19.2 Å². The fourth-order valence-corrected chi connectivity index (χ4v) is 10.5. The minimum absolute atomic E-state index is 0.0779. The number of hydrogen-bond acceptors (Lipinski definition) is 11. The lowest BCUT2D eigenvalue weighted by atomic mass is 9.52. The van der Waals surface area contributed by atoms with Crippen LogP contribution in [0.2, 0.25) is 0 Å². The maximum Gasteiger partial charge on any atom is 0.339 e. The maximum atomic E-state index is 12.5. The van der Waals surface area contributed by atoms with E-state index < -0.39 is 33.4 Å². The normalized spacial score (nSPS) is 30.4. The topological polar surface area (TPSA) is 152 Å². The fraction of sp³-hybridized carbons (Fsp3) is 0.706. The van der Waals surface area contributed by atoms with E-state index in [9.17, 15) is 29.1 Å². The molecule has 0 spiro atoms. The highest BCUT2D eigenvalue weighted by Crippen LogP contribution is 2.59. The molecule has 9 rings (SSSR count). The molecule has 6 bridgehead atoms. The van der Waals surface area contributed by atoms with Crippen molar-refractivity contribution in [3.05, 3.63) is 42.0 Å². The summed E-state index contributed by atoms with van der Waals surface area (Å²) >= 11 is 0. The van der Waals surface area contributed by atoms with Crippen LogP contribution in [0.1, 0.15) is 164 Å². The van der Waals surface area contributed by atoms with Crippen LogP contribution in [0.3, 0.4) is 0 Å². The van der Waals surface area contributed by atoms with Crippen LogP contribution in [-0.4, -0.2) is 64.0 Å². The molecule has 1 N–H and O–H groups in total. The van der Waals surface area contributed by atoms with Gasteiger partial charge in [0.15, 0.2) is 0 Å². The molecule has 6 saturated carbocycles. The van der Waals surface area contributed by atoms with E-state index in [1.54, 1.807) is 24.3 Å². The standard InChI is InChI=1S/C21H26O4.C16H26O3.C14H20O4/c1-7-21(5,6)19(23)24-17-13-9-10-14-15(17)11-8-12-16(14)18(22)25-20(2,3)4;1-4-14(2,3)13(17)19-16-8-11-5-12(9-16)7-15(18,6-11)10-16;1-4-14(2,3)13(16)18-10-7-5-8-9(6-7)12(15)17-11(8)10/h8-13H,7H2,1-6H3;11-12,18H,4-10H2,1-3H3;7-11H,4-6H2,1-3H3. The molecule has 0 aromatic heterocycles. The third kappa shape index (κ3) is 9.88. The van der Waals surface area contributed by atoms with Crippen molar-refractivity contribution < 1.29 is 52.8 Å². The van der Waals surface area contributed by atoms with E-state index in [1.165, 1.54) is 6.42 Å². The number of rotatable bonds is 10. The molecular formula is C51H72O11. The van der Waals surface area contributed by atoms with E-state index in [0.29, 0.717) is 58.6 Å². The Morgan fingerprint density at radius 3 is 1.87 bits per heavy atom. The lowest BCUT2D eigenvalue weighted by molar-refractivity contribution is -0.225. The zero-order valence-electron chi connectivity index (χ0n) is 39.3. The predicted molar refractivity (Wildman–Crippen MR) is 235 cm³/mol. The van der Waals surface area contributed by atoms with Crippen molar-refractivity contribution in [1.29, 1.82) is 0 Å². The Morgan fingerprint density at radius 1 is 0.726 bits per heavy atom. The third-order valence-electron chi connectivity index (χ3n) is 15.0. The minimum Gasteiger partial charge on any atom is -0.459 e. The highest BCUT2D eigenvalue weighted by molar-refractivity contribution is 6.06. The van der Waals surface area contributed by atoms with Crippen LogP contribution in [0.5, 0.6) is 5.75 Å². The molecule has 11 heteroatoms. The van der Waals surface area contributed by atoms with Gasteiger partial charge in [0, 0.05) is 23.6 Å². The van der Waals surface area contributed by atoms with Gasteiger partial charge < -0.3 is 28.8 Å². The highest BCUT2D eigenvalue weighted by atomic mass is 16.6. The van der Waals surface area contributed by atoms with Gasteiger partial charge in [0.25, 0.3) is 0 Å². The summed E-state index contributed by atoms with van der Waals surface area (Å²) in [5, 5.41) is 12.1. The zero-order chi connectivity index (χ0) is 45.8. The first-order valence-electron chi connectivity index (χ1n) is 23.1. The molecular weight excluding hydrogens is 789 g/mol. The van der Waals surface area contributed by atoms with E-state index in [1.807, 2.05) is 95.2 Å². The summed E-state index contributed by atoms with van der Waals surface area (Å²) in [7, 11) is 0. The van der Waals surface area contributed by atoms with Crippen LogP contribution in [0, 0.1) is 45.8 Å². The number of carbonyl (C=O) groups is 5. The van der Waals surface area contributed by atoms with E-state index >= 15 is 0 Å². The lowest BCUT2D eigenvalue weighted by Crippen LogP contribution is -2.61. The van der Waals surface area contributed by atoms with E-state index in [2.05, 4.69) is 0 Å². The maximum absolute atomic E-state index is 12.5. The summed E-state index contributed by atoms with van der Waals surface area (Å²) in [5.74, 6) is 1.26. The monoisotopic (exact) mass is 861 g/mol. The van der Waals surface area contributed by atoms with Gasteiger partial charge in [0.2, 0.25) is 0 Å². The first kappa shape index (κ1) is 47.5.